The fourth-order valence-electron chi connectivity index (χ4n) is 3.34. The minimum atomic E-state index is 0.241. The van der Waals surface area contributed by atoms with Crippen LogP contribution in [0.2, 0.25) is 0 Å². The molecule has 1 unspecified atom stereocenters. The third-order valence-electron chi connectivity index (χ3n) is 4.54. The highest BCUT2D eigenvalue weighted by molar-refractivity contribution is 4.82. The van der Waals surface area contributed by atoms with Gasteiger partial charge < -0.3 is 10.6 Å². The largest absolute Gasteiger partial charge is 0.330 e. The van der Waals surface area contributed by atoms with Crippen LogP contribution < -0.4 is 5.73 Å². The predicted octanol–water partition coefficient (Wildman–Crippen LogP) is 2.95. The van der Waals surface area contributed by atoms with Gasteiger partial charge in [-0.25, -0.2) is 0 Å². The second kappa shape index (κ2) is 9.01. The number of rotatable bonds is 8. The summed E-state index contributed by atoms with van der Waals surface area (Å²) in [5, 5.41) is 0. The second-order valence-electron chi connectivity index (χ2n) is 7.27. The first kappa shape index (κ1) is 17.9. The number of hydrogen-bond acceptors (Lipinski definition) is 3. The topological polar surface area (TPSA) is 32.5 Å². The highest BCUT2D eigenvalue weighted by Crippen LogP contribution is 2.22. The Labute approximate surface area is 126 Å². The molecule has 20 heavy (non-hydrogen) atoms. The molecule has 0 spiro atoms. The minimum Gasteiger partial charge on any atom is -0.330 e. The molecule has 120 valence electrons. The van der Waals surface area contributed by atoms with Crippen molar-refractivity contribution in [2.75, 3.05) is 39.3 Å². The Hall–Kier alpha value is -0.120. The van der Waals surface area contributed by atoms with Crippen LogP contribution in [0.15, 0.2) is 0 Å². The maximum atomic E-state index is 5.94. The molecular formula is C17H37N3. The van der Waals surface area contributed by atoms with E-state index in [1.165, 1.54) is 58.3 Å². The molecule has 0 radical (unpaired) electrons. The molecule has 0 aromatic heterocycles. The molecule has 0 bridgehead atoms. The van der Waals surface area contributed by atoms with Gasteiger partial charge >= 0.3 is 0 Å². The molecule has 3 heteroatoms. The van der Waals surface area contributed by atoms with Crippen LogP contribution in [0, 0.1) is 5.41 Å². The zero-order chi connectivity index (χ0) is 15.0. The number of nitrogens with two attached hydrogens (primary N) is 1. The summed E-state index contributed by atoms with van der Waals surface area (Å²) in [6, 6.07) is 0.766. The second-order valence-corrected chi connectivity index (χ2v) is 7.27. The first-order chi connectivity index (χ1) is 9.52. The summed E-state index contributed by atoms with van der Waals surface area (Å²) in [5.74, 6) is 0. The van der Waals surface area contributed by atoms with Crippen LogP contribution in [0.25, 0.3) is 0 Å². The molecule has 0 aromatic carbocycles. The van der Waals surface area contributed by atoms with Crippen molar-refractivity contribution >= 4 is 0 Å². The van der Waals surface area contributed by atoms with E-state index in [0.29, 0.717) is 0 Å². The third-order valence-corrected chi connectivity index (χ3v) is 4.54. The van der Waals surface area contributed by atoms with Gasteiger partial charge in [-0.05, 0) is 70.2 Å². The Morgan fingerprint density at radius 1 is 1.15 bits per heavy atom. The standard InChI is InChI=1S/C17H37N3/c1-5-10-19-12-7-8-16(9-13-19)20(11-6-2)15-17(3,4)14-18/h16H,5-15,18H2,1-4H3. The van der Waals surface area contributed by atoms with Gasteiger partial charge in [-0.3, -0.25) is 4.90 Å². The van der Waals surface area contributed by atoms with Crippen molar-refractivity contribution in [1.82, 2.24) is 9.80 Å². The molecule has 0 aromatic rings. The number of likely N-dealkylation sites (tertiary alicyclic amines) is 1. The Morgan fingerprint density at radius 3 is 2.50 bits per heavy atom. The van der Waals surface area contributed by atoms with Crippen molar-refractivity contribution in [2.45, 2.75) is 65.8 Å². The van der Waals surface area contributed by atoms with Crippen LogP contribution in [-0.2, 0) is 0 Å². The molecule has 1 heterocycles. The van der Waals surface area contributed by atoms with Crippen LogP contribution in [0.5, 0.6) is 0 Å². The van der Waals surface area contributed by atoms with E-state index in [2.05, 4.69) is 37.5 Å². The monoisotopic (exact) mass is 283 g/mol. The third kappa shape index (κ3) is 6.11. The van der Waals surface area contributed by atoms with E-state index in [4.69, 9.17) is 5.73 Å². The highest BCUT2D eigenvalue weighted by atomic mass is 15.2. The summed E-state index contributed by atoms with van der Waals surface area (Å²) in [7, 11) is 0. The molecule has 1 rings (SSSR count). The Kier molecular flexibility index (Phi) is 8.08. The number of hydrogen-bond donors (Lipinski definition) is 1. The van der Waals surface area contributed by atoms with E-state index in [1.807, 2.05) is 0 Å². The summed E-state index contributed by atoms with van der Waals surface area (Å²) in [6.45, 7) is 16.2. The lowest BCUT2D eigenvalue weighted by molar-refractivity contribution is 0.121. The normalized spacial score (nSPS) is 22.2. The van der Waals surface area contributed by atoms with E-state index in [-0.39, 0.29) is 5.41 Å². The summed E-state index contributed by atoms with van der Waals surface area (Å²) in [4.78, 5) is 5.38. The van der Waals surface area contributed by atoms with E-state index >= 15 is 0 Å². The van der Waals surface area contributed by atoms with E-state index in [0.717, 1.165) is 19.1 Å². The maximum absolute atomic E-state index is 5.94. The lowest BCUT2D eigenvalue weighted by Gasteiger charge is -2.37. The van der Waals surface area contributed by atoms with Crippen molar-refractivity contribution in [2.24, 2.45) is 11.1 Å². The number of nitrogens with zero attached hydrogens (tertiary/aromatic N) is 2. The molecule has 1 aliphatic rings. The average molecular weight is 284 g/mol. The van der Waals surface area contributed by atoms with Crippen LogP contribution in [0.1, 0.15) is 59.8 Å². The first-order valence-corrected chi connectivity index (χ1v) is 8.69. The molecule has 1 atom stereocenters. The van der Waals surface area contributed by atoms with E-state index < -0.39 is 0 Å². The fraction of sp³-hybridized carbons (Fsp3) is 1.00. The SMILES string of the molecule is CCCN1CCCC(N(CCC)CC(C)(C)CN)CC1. The molecule has 1 fully saturated rings. The van der Waals surface area contributed by atoms with E-state index in [9.17, 15) is 0 Å². The smallest absolute Gasteiger partial charge is 0.0108 e. The summed E-state index contributed by atoms with van der Waals surface area (Å²) in [6.07, 6.45) is 6.58. The zero-order valence-corrected chi connectivity index (χ0v) is 14.3. The quantitative estimate of drug-likeness (QED) is 0.743. The minimum absolute atomic E-state index is 0.241. The lowest BCUT2D eigenvalue weighted by Crippen LogP contribution is -2.45. The molecule has 3 nitrogen and oxygen atoms in total. The highest BCUT2D eigenvalue weighted by Gasteiger charge is 2.26. The van der Waals surface area contributed by atoms with Crippen molar-refractivity contribution < 1.29 is 0 Å². The molecule has 0 amide bonds. The average Bonchev–Trinajstić information content (AvgIpc) is 2.64. The van der Waals surface area contributed by atoms with Gasteiger partial charge in [0.2, 0.25) is 0 Å². The van der Waals surface area contributed by atoms with Gasteiger partial charge in [0.05, 0.1) is 0 Å². The van der Waals surface area contributed by atoms with Crippen molar-refractivity contribution in [1.29, 1.82) is 0 Å². The Bertz CT molecular complexity index is 253. The van der Waals surface area contributed by atoms with Gasteiger partial charge in [0.15, 0.2) is 0 Å². The molecule has 1 saturated heterocycles. The molecular weight excluding hydrogens is 246 g/mol. The van der Waals surface area contributed by atoms with Crippen molar-refractivity contribution in [3.05, 3.63) is 0 Å². The first-order valence-electron chi connectivity index (χ1n) is 8.69. The van der Waals surface area contributed by atoms with Crippen LogP contribution in [-0.4, -0.2) is 55.1 Å². The van der Waals surface area contributed by atoms with Gasteiger partial charge in [0, 0.05) is 12.6 Å². The maximum Gasteiger partial charge on any atom is 0.0108 e. The predicted molar refractivity (Wildman–Crippen MR) is 89.1 cm³/mol. The Morgan fingerprint density at radius 2 is 1.90 bits per heavy atom. The summed E-state index contributed by atoms with van der Waals surface area (Å²) in [5.41, 5.74) is 6.18. The molecule has 2 N–H and O–H groups in total. The van der Waals surface area contributed by atoms with Crippen LogP contribution in [0.4, 0.5) is 0 Å². The molecule has 0 aliphatic carbocycles. The fourth-order valence-corrected chi connectivity index (χ4v) is 3.34. The van der Waals surface area contributed by atoms with Gasteiger partial charge in [-0.2, -0.15) is 0 Å². The van der Waals surface area contributed by atoms with Crippen molar-refractivity contribution in [3.8, 4) is 0 Å². The van der Waals surface area contributed by atoms with Gasteiger partial charge in [0.1, 0.15) is 0 Å². The molecule has 1 aliphatic heterocycles. The van der Waals surface area contributed by atoms with Gasteiger partial charge in [-0.15, -0.1) is 0 Å². The summed E-state index contributed by atoms with van der Waals surface area (Å²) < 4.78 is 0. The Balaban J connectivity index is 2.57. The summed E-state index contributed by atoms with van der Waals surface area (Å²) >= 11 is 0. The lowest BCUT2D eigenvalue weighted by atomic mass is 9.91. The molecule has 0 saturated carbocycles. The van der Waals surface area contributed by atoms with Gasteiger partial charge in [0.25, 0.3) is 0 Å². The van der Waals surface area contributed by atoms with Gasteiger partial charge in [-0.1, -0.05) is 27.7 Å². The zero-order valence-electron chi connectivity index (χ0n) is 14.3. The van der Waals surface area contributed by atoms with Crippen LogP contribution >= 0.6 is 0 Å². The van der Waals surface area contributed by atoms with E-state index in [1.54, 1.807) is 0 Å². The van der Waals surface area contributed by atoms with Crippen molar-refractivity contribution in [3.63, 3.8) is 0 Å². The van der Waals surface area contributed by atoms with Crippen LogP contribution in [0.3, 0.4) is 0 Å².